The summed E-state index contributed by atoms with van der Waals surface area (Å²) in [6, 6.07) is 2.77. The summed E-state index contributed by atoms with van der Waals surface area (Å²) < 4.78 is 28.8. The molecule has 5 rings (SSSR count). The van der Waals surface area contributed by atoms with Crippen molar-refractivity contribution in [2.45, 2.75) is 54.8 Å². The maximum absolute atomic E-state index is 13.9. The number of H-pyrrole nitrogens is 1. The third kappa shape index (κ3) is 3.92. The number of carbonyl (C=O) groups excluding carboxylic acids is 1. The molecule has 2 aliphatic carbocycles. The molecule has 1 unspecified atom stereocenters. The summed E-state index contributed by atoms with van der Waals surface area (Å²) in [5, 5.41) is 2.03. The number of hydrogen-bond acceptors (Lipinski definition) is 6. The average molecular weight is 459 g/mol. The van der Waals surface area contributed by atoms with E-state index in [4.69, 9.17) is 0 Å². The van der Waals surface area contributed by atoms with Crippen LogP contribution in [0.25, 0.3) is 11.0 Å². The van der Waals surface area contributed by atoms with Crippen molar-refractivity contribution >= 4 is 34.4 Å². The molecule has 3 aromatic rings. The van der Waals surface area contributed by atoms with Gasteiger partial charge in [0.15, 0.2) is 5.65 Å². The largest absolute Gasteiger partial charge is 0.330 e. The number of aromatic nitrogens is 4. The number of amides is 1. The second-order valence-corrected chi connectivity index (χ2v) is 9.42. The molecule has 11 heteroatoms. The third-order valence-corrected chi connectivity index (χ3v) is 6.55. The maximum Gasteiger partial charge on any atom is 0.330 e. The van der Waals surface area contributed by atoms with Crippen molar-refractivity contribution in [1.82, 2.24) is 19.5 Å². The predicted molar refractivity (Wildman–Crippen MR) is 115 cm³/mol. The van der Waals surface area contributed by atoms with E-state index in [-0.39, 0.29) is 33.7 Å². The molecule has 2 fully saturated rings. The Balaban J connectivity index is 1.52. The molecular formula is C21H19F2N5O3S. The Morgan fingerprint density at radius 3 is 2.66 bits per heavy atom. The number of carbonyl (C=O) groups is 1. The van der Waals surface area contributed by atoms with Gasteiger partial charge in [0.05, 0.1) is 10.9 Å². The predicted octanol–water partition coefficient (Wildman–Crippen LogP) is 3.09. The van der Waals surface area contributed by atoms with E-state index < -0.39 is 34.0 Å². The topological polar surface area (TPSA) is 110 Å². The van der Waals surface area contributed by atoms with E-state index in [0.29, 0.717) is 5.82 Å². The second kappa shape index (κ2) is 7.80. The molecular weight excluding hydrogens is 440 g/mol. The molecule has 1 amide bonds. The smallest absolute Gasteiger partial charge is 0.323 e. The molecule has 32 heavy (non-hydrogen) atoms. The molecule has 8 nitrogen and oxygen atoms in total. The van der Waals surface area contributed by atoms with Crippen LogP contribution in [0.15, 0.2) is 32.8 Å². The standard InChI is InChI=1S/C21H19F2N5O3S/c1-9(18(29)24-14-8-11(22)4-7-13(14)23)32-20-15-17(25-16(26-20)10-2-3-10)28(12-5-6-12)21(31)27-19(15)30/h4,7-10,12H,2-3,5-6H2,1H3,(H,24,29)(H,27,30,31). The van der Waals surface area contributed by atoms with Gasteiger partial charge in [-0.05, 0) is 44.7 Å². The molecule has 2 heterocycles. The first-order valence-electron chi connectivity index (χ1n) is 10.3. The lowest BCUT2D eigenvalue weighted by molar-refractivity contribution is -0.115. The first-order chi connectivity index (χ1) is 15.3. The van der Waals surface area contributed by atoms with E-state index in [2.05, 4.69) is 20.3 Å². The number of halogens is 2. The molecule has 0 saturated heterocycles. The Morgan fingerprint density at radius 1 is 1.22 bits per heavy atom. The third-order valence-electron chi connectivity index (χ3n) is 5.47. The highest BCUT2D eigenvalue weighted by Gasteiger charge is 2.33. The lowest BCUT2D eigenvalue weighted by Gasteiger charge is -2.15. The van der Waals surface area contributed by atoms with E-state index in [0.717, 1.165) is 55.6 Å². The number of aromatic amines is 1. The van der Waals surface area contributed by atoms with Gasteiger partial charge < -0.3 is 5.32 Å². The Hall–Kier alpha value is -3.08. The van der Waals surface area contributed by atoms with Crippen molar-refractivity contribution in [2.24, 2.45) is 0 Å². The Bertz CT molecular complexity index is 1360. The van der Waals surface area contributed by atoms with Crippen molar-refractivity contribution in [1.29, 1.82) is 0 Å². The van der Waals surface area contributed by atoms with Gasteiger partial charge in [-0.15, -0.1) is 0 Å². The van der Waals surface area contributed by atoms with Crippen LogP contribution in [0.1, 0.15) is 50.4 Å². The lowest BCUT2D eigenvalue weighted by atomic mass is 10.3. The normalized spacial score (nSPS) is 16.8. The minimum Gasteiger partial charge on any atom is -0.323 e. The number of thioether (sulfide) groups is 1. The summed E-state index contributed by atoms with van der Waals surface area (Å²) in [6.07, 6.45) is 3.48. The highest BCUT2D eigenvalue weighted by Crippen LogP contribution is 2.41. The minimum absolute atomic E-state index is 0.0154. The van der Waals surface area contributed by atoms with Crippen molar-refractivity contribution in [3.8, 4) is 0 Å². The van der Waals surface area contributed by atoms with Crippen LogP contribution in [0.3, 0.4) is 0 Å². The zero-order valence-corrected chi connectivity index (χ0v) is 17.8. The van der Waals surface area contributed by atoms with Crippen LogP contribution in [0.2, 0.25) is 0 Å². The molecule has 0 bridgehead atoms. The fourth-order valence-electron chi connectivity index (χ4n) is 3.46. The van der Waals surface area contributed by atoms with Gasteiger partial charge in [0.2, 0.25) is 5.91 Å². The van der Waals surface area contributed by atoms with Crippen LogP contribution in [-0.4, -0.2) is 30.7 Å². The van der Waals surface area contributed by atoms with Crippen molar-refractivity contribution in [2.75, 3.05) is 5.32 Å². The first kappa shape index (κ1) is 20.8. The van der Waals surface area contributed by atoms with Gasteiger partial charge in [-0.1, -0.05) is 11.8 Å². The summed E-state index contributed by atoms with van der Waals surface area (Å²) in [6.45, 7) is 1.58. The van der Waals surface area contributed by atoms with Crippen LogP contribution >= 0.6 is 11.8 Å². The van der Waals surface area contributed by atoms with Crippen LogP contribution in [-0.2, 0) is 4.79 Å². The first-order valence-corrected chi connectivity index (χ1v) is 11.2. The van der Waals surface area contributed by atoms with Gasteiger partial charge in [-0.3, -0.25) is 19.1 Å². The molecule has 0 aliphatic heterocycles. The maximum atomic E-state index is 13.9. The van der Waals surface area contributed by atoms with Gasteiger partial charge in [-0.25, -0.2) is 23.5 Å². The number of anilines is 1. The monoisotopic (exact) mass is 459 g/mol. The molecule has 2 saturated carbocycles. The minimum atomic E-state index is -0.788. The van der Waals surface area contributed by atoms with Crippen LogP contribution in [0, 0.1) is 11.6 Å². The lowest BCUT2D eigenvalue weighted by Crippen LogP contribution is -2.31. The van der Waals surface area contributed by atoms with Crippen LogP contribution in [0.4, 0.5) is 14.5 Å². The number of nitrogens with zero attached hydrogens (tertiary/aromatic N) is 3. The van der Waals surface area contributed by atoms with E-state index in [9.17, 15) is 23.2 Å². The molecule has 2 aromatic heterocycles. The summed E-state index contributed by atoms with van der Waals surface area (Å²) >= 11 is 1.02. The van der Waals surface area contributed by atoms with Crippen LogP contribution < -0.4 is 16.6 Å². The van der Waals surface area contributed by atoms with E-state index in [1.807, 2.05) is 0 Å². The average Bonchev–Trinajstić information content (AvgIpc) is 3.63. The number of nitrogens with one attached hydrogen (secondary N) is 2. The van der Waals surface area contributed by atoms with Crippen LogP contribution in [0.5, 0.6) is 0 Å². The van der Waals surface area contributed by atoms with Crippen molar-refractivity contribution in [3.05, 3.63) is 56.5 Å². The van der Waals surface area contributed by atoms with Gasteiger partial charge in [-0.2, -0.15) is 0 Å². The fourth-order valence-corrected chi connectivity index (χ4v) is 4.41. The van der Waals surface area contributed by atoms with Gasteiger partial charge in [0.25, 0.3) is 5.56 Å². The SMILES string of the molecule is CC(Sc1nc(C2CC2)nc2c1c(=O)[nH]c(=O)n2C1CC1)C(=O)Nc1cc(F)ccc1F. The van der Waals surface area contributed by atoms with Gasteiger partial charge in [0, 0.05) is 18.0 Å². The highest BCUT2D eigenvalue weighted by atomic mass is 32.2. The number of hydrogen-bond donors (Lipinski definition) is 2. The molecule has 0 radical (unpaired) electrons. The molecule has 166 valence electrons. The van der Waals surface area contributed by atoms with E-state index in [1.165, 1.54) is 4.57 Å². The Kier molecular flexibility index (Phi) is 5.07. The molecule has 1 aromatic carbocycles. The molecule has 2 N–H and O–H groups in total. The van der Waals surface area contributed by atoms with Crippen molar-refractivity contribution < 1.29 is 13.6 Å². The summed E-state index contributed by atoms with van der Waals surface area (Å²) in [7, 11) is 0. The van der Waals surface area contributed by atoms with Gasteiger partial charge in [0.1, 0.15) is 27.9 Å². The molecule has 2 aliphatic rings. The summed E-state index contributed by atoms with van der Waals surface area (Å²) in [5.74, 6) is -1.31. The number of benzene rings is 1. The summed E-state index contributed by atoms with van der Waals surface area (Å²) in [5.41, 5.74) is -1.11. The summed E-state index contributed by atoms with van der Waals surface area (Å²) in [4.78, 5) is 49.2. The fraction of sp³-hybridized carbons (Fsp3) is 0.381. The highest BCUT2D eigenvalue weighted by molar-refractivity contribution is 8.00. The number of rotatable bonds is 6. The van der Waals surface area contributed by atoms with Gasteiger partial charge >= 0.3 is 5.69 Å². The second-order valence-electron chi connectivity index (χ2n) is 8.09. The van der Waals surface area contributed by atoms with Crippen molar-refractivity contribution in [3.63, 3.8) is 0 Å². The van der Waals surface area contributed by atoms with E-state index in [1.54, 1.807) is 6.92 Å². The van der Waals surface area contributed by atoms with E-state index >= 15 is 0 Å². The number of fused-ring (bicyclic) bond motifs is 1. The quantitative estimate of drug-likeness (QED) is 0.433. The zero-order valence-electron chi connectivity index (χ0n) is 17.0. The Labute approximate surface area is 184 Å². The molecule has 0 spiro atoms. The Morgan fingerprint density at radius 2 is 1.97 bits per heavy atom. The molecule has 1 atom stereocenters. The zero-order chi connectivity index (χ0) is 22.6.